The number of nitrogens with one attached hydrogen (secondary N) is 1. The Balaban J connectivity index is 2.10. The van der Waals surface area contributed by atoms with Crippen LogP contribution in [0.5, 0.6) is 11.5 Å². The Bertz CT molecular complexity index is 837. The molecule has 0 aliphatic heterocycles. The second-order valence-electron chi connectivity index (χ2n) is 5.77. The minimum atomic E-state index is -0.964. The molecule has 0 bridgehead atoms. The van der Waals surface area contributed by atoms with Crippen molar-refractivity contribution in [3.8, 4) is 11.5 Å². The molecule has 0 aliphatic rings. The summed E-state index contributed by atoms with van der Waals surface area (Å²) in [5.74, 6) is -0.142. The number of carbonyl (C=O) groups excluding carboxylic acids is 2. The van der Waals surface area contributed by atoms with Crippen LogP contribution in [-0.2, 0) is 9.53 Å². The SMILES string of the molecule is CCOc1c(Br)cc(C(=O)OC(C)C(=O)Nc2ccccc2C)cc1OC. The minimum Gasteiger partial charge on any atom is -0.493 e. The number of benzene rings is 2. The number of hydrogen-bond acceptors (Lipinski definition) is 5. The number of aryl methyl sites for hydroxylation is 1. The lowest BCUT2D eigenvalue weighted by Gasteiger charge is -2.16. The van der Waals surface area contributed by atoms with E-state index in [9.17, 15) is 9.59 Å². The number of anilines is 1. The number of halogens is 1. The quantitative estimate of drug-likeness (QED) is 0.654. The van der Waals surface area contributed by atoms with Gasteiger partial charge in [-0.15, -0.1) is 0 Å². The van der Waals surface area contributed by atoms with Crippen LogP contribution in [0.15, 0.2) is 40.9 Å². The van der Waals surface area contributed by atoms with E-state index in [0.29, 0.717) is 28.3 Å². The lowest BCUT2D eigenvalue weighted by atomic mass is 10.2. The number of rotatable bonds is 7. The fraction of sp³-hybridized carbons (Fsp3) is 0.300. The number of methoxy groups -OCH3 is 1. The number of ether oxygens (including phenoxy) is 3. The molecule has 7 heteroatoms. The molecular formula is C20H22BrNO5. The summed E-state index contributed by atoms with van der Waals surface area (Å²) in [6, 6.07) is 10.5. The van der Waals surface area contributed by atoms with Crippen LogP contribution in [-0.4, -0.2) is 31.7 Å². The Hall–Kier alpha value is -2.54. The predicted molar refractivity (Wildman–Crippen MR) is 107 cm³/mol. The summed E-state index contributed by atoms with van der Waals surface area (Å²) in [5, 5.41) is 2.76. The van der Waals surface area contributed by atoms with Gasteiger partial charge in [-0.3, -0.25) is 4.79 Å². The molecule has 0 heterocycles. The van der Waals surface area contributed by atoms with E-state index in [1.165, 1.54) is 20.1 Å². The van der Waals surface area contributed by atoms with E-state index < -0.39 is 18.0 Å². The molecule has 0 aromatic heterocycles. The number of amides is 1. The highest BCUT2D eigenvalue weighted by Gasteiger charge is 2.22. The van der Waals surface area contributed by atoms with Gasteiger partial charge in [0, 0.05) is 5.69 Å². The van der Waals surface area contributed by atoms with Crippen LogP contribution in [0.3, 0.4) is 0 Å². The summed E-state index contributed by atoms with van der Waals surface area (Å²) in [4.78, 5) is 24.8. The van der Waals surface area contributed by atoms with Crippen molar-refractivity contribution in [3.63, 3.8) is 0 Å². The van der Waals surface area contributed by atoms with Crippen molar-refractivity contribution in [1.82, 2.24) is 0 Å². The van der Waals surface area contributed by atoms with Gasteiger partial charge >= 0.3 is 5.97 Å². The van der Waals surface area contributed by atoms with Gasteiger partial charge in [-0.05, 0) is 60.5 Å². The third-order valence-electron chi connectivity index (χ3n) is 3.81. The van der Waals surface area contributed by atoms with Crippen molar-refractivity contribution >= 4 is 33.5 Å². The van der Waals surface area contributed by atoms with Crippen LogP contribution < -0.4 is 14.8 Å². The highest BCUT2D eigenvalue weighted by molar-refractivity contribution is 9.10. The van der Waals surface area contributed by atoms with Gasteiger partial charge in [0.15, 0.2) is 17.6 Å². The first-order chi connectivity index (χ1) is 12.9. The topological polar surface area (TPSA) is 73.9 Å². The van der Waals surface area contributed by atoms with Crippen molar-refractivity contribution in [1.29, 1.82) is 0 Å². The van der Waals surface area contributed by atoms with Crippen LogP contribution in [0.4, 0.5) is 5.69 Å². The first-order valence-electron chi connectivity index (χ1n) is 8.45. The summed E-state index contributed by atoms with van der Waals surface area (Å²) < 4.78 is 16.6. The molecule has 0 fully saturated rings. The van der Waals surface area contributed by atoms with Gasteiger partial charge in [-0.1, -0.05) is 18.2 Å². The van der Waals surface area contributed by atoms with Crippen molar-refractivity contribution in [2.24, 2.45) is 0 Å². The number of carbonyl (C=O) groups is 2. The van der Waals surface area contributed by atoms with Crippen molar-refractivity contribution in [2.45, 2.75) is 26.9 Å². The Kier molecular flexibility index (Phi) is 7.24. The van der Waals surface area contributed by atoms with E-state index >= 15 is 0 Å². The molecule has 0 saturated heterocycles. The van der Waals surface area contributed by atoms with Crippen LogP contribution >= 0.6 is 15.9 Å². The third-order valence-corrected chi connectivity index (χ3v) is 4.40. The summed E-state index contributed by atoms with van der Waals surface area (Å²) in [6.45, 7) is 5.71. The van der Waals surface area contributed by atoms with Crippen LogP contribution in [0.1, 0.15) is 29.8 Å². The monoisotopic (exact) mass is 435 g/mol. The molecule has 1 N–H and O–H groups in total. The van der Waals surface area contributed by atoms with Gasteiger partial charge < -0.3 is 19.5 Å². The maximum Gasteiger partial charge on any atom is 0.339 e. The first kappa shape index (κ1) is 20.8. The summed E-state index contributed by atoms with van der Waals surface area (Å²) in [7, 11) is 1.48. The van der Waals surface area contributed by atoms with E-state index in [2.05, 4.69) is 21.2 Å². The Morgan fingerprint density at radius 2 is 1.93 bits per heavy atom. The van der Waals surface area contributed by atoms with Gasteiger partial charge in [-0.25, -0.2) is 4.79 Å². The molecule has 0 saturated carbocycles. The normalized spacial score (nSPS) is 11.4. The van der Waals surface area contributed by atoms with Gasteiger partial charge in [0.1, 0.15) is 0 Å². The van der Waals surface area contributed by atoms with Crippen molar-refractivity contribution in [3.05, 3.63) is 52.0 Å². The number of esters is 1. The molecule has 2 aromatic rings. The average molecular weight is 436 g/mol. The Labute approximate surface area is 166 Å². The van der Waals surface area contributed by atoms with Gasteiger partial charge in [0.25, 0.3) is 5.91 Å². The lowest BCUT2D eigenvalue weighted by molar-refractivity contribution is -0.123. The third kappa shape index (κ3) is 5.23. The second-order valence-corrected chi connectivity index (χ2v) is 6.63. The number of hydrogen-bond donors (Lipinski definition) is 1. The highest BCUT2D eigenvalue weighted by atomic mass is 79.9. The van der Waals surface area contributed by atoms with Crippen molar-refractivity contribution < 1.29 is 23.8 Å². The molecule has 1 atom stereocenters. The second kappa shape index (κ2) is 9.41. The Morgan fingerprint density at radius 1 is 1.22 bits per heavy atom. The van der Waals surface area contributed by atoms with Gasteiger partial charge in [0.05, 0.1) is 23.8 Å². The highest BCUT2D eigenvalue weighted by Crippen LogP contribution is 2.36. The largest absolute Gasteiger partial charge is 0.493 e. The summed E-state index contributed by atoms with van der Waals surface area (Å²) in [5.41, 5.74) is 1.85. The van der Waals surface area contributed by atoms with Crippen LogP contribution in [0.25, 0.3) is 0 Å². The van der Waals surface area contributed by atoms with Gasteiger partial charge in [0.2, 0.25) is 0 Å². The van der Waals surface area contributed by atoms with Crippen LogP contribution in [0.2, 0.25) is 0 Å². The molecule has 0 spiro atoms. The standard InChI is InChI=1S/C20H22BrNO5/c1-5-26-18-15(21)10-14(11-17(18)25-4)20(24)27-13(3)19(23)22-16-9-7-6-8-12(16)2/h6-11,13H,5H2,1-4H3,(H,22,23). The molecule has 2 aromatic carbocycles. The molecule has 1 amide bonds. The molecule has 0 radical (unpaired) electrons. The van der Waals surface area contributed by atoms with Crippen molar-refractivity contribution in [2.75, 3.05) is 19.0 Å². The van der Waals surface area contributed by atoms with E-state index in [1.54, 1.807) is 12.1 Å². The zero-order valence-corrected chi connectivity index (χ0v) is 17.3. The molecular weight excluding hydrogens is 414 g/mol. The fourth-order valence-electron chi connectivity index (χ4n) is 2.35. The number of para-hydroxylation sites is 1. The average Bonchev–Trinajstić information content (AvgIpc) is 2.64. The molecule has 27 heavy (non-hydrogen) atoms. The molecule has 0 aliphatic carbocycles. The zero-order chi connectivity index (χ0) is 20.0. The maximum atomic E-state index is 12.4. The van der Waals surface area contributed by atoms with Gasteiger partial charge in [-0.2, -0.15) is 0 Å². The summed E-state index contributed by atoms with van der Waals surface area (Å²) in [6.07, 6.45) is -0.964. The Morgan fingerprint density at radius 3 is 2.56 bits per heavy atom. The zero-order valence-electron chi connectivity index (χ0n) is 15.7. The summed E-state index contributed by atoms with van der Waals surface area (Å²) >= 11 is 3.36. The molecule has 6 nitrogen and oxygen atoms in total. The first-order valence-corrected chi connectivity index (χ1v) is 9.24. The van der Waals surface area contributed by atoms with E-state index in [4.69, 9.17) is 14.2 Å². The smallest absolute Gasteiger partial charge is 0.339 e. The van der Waals surface area contributed by atoms with E-state index in [0.717, 1.165) is 5.56 Å². The minimum absolute atomic E-state index is 0.248. The van der Waals surface area contributed by atoms with E-state index in [1.807, 2.05) is 32.0 Å². The molecule has 144 valence electrons. The van der Waals surface area contributed by atoms with Crippen LogP contribution in [0, 0.1) is 6.92 Å². The lowest BCUT2D eigenvalue weighted by Crippen LogP contribution is -2.30. The fourth-order valence-corrected chi connectivity index (χ4v) is 2.91. The molecule has 2 rings (SSSR count). The predicted octanol–water partition coefficient (Wildman–Crippen LogP) is 4.35. The van der Waals surface area contributed by atoms with E-state index in [-0.39, 0.29) is 5.56 Å². The maximum absolute atomic E-state index is 12.4. The molecule has 1 unspecified atom stereocenters.